The number of nitrogens with one attached hydrogen (secondary N) is 1. The fraction of sp³-hybridized carbons (Fsp3) is 0.583. The van der Waals surface area contributed by atoms with Crippen molar-refractivity contribution < 1.29 is 0 Å². The average molecular weight is 227 g/mol. The lowest BCUT2D eigenvalue weighted by Crippen LogP contribution is -2.37. The van der Waals surface area contributed by atoms with Gasteiger partial charge in [0.15, 0.2) is 0 Å². The Kier molecular flexibility index (Phi) is 4.12. The van der Waals surface area contributed by atoms with Gasteiger partial charge in [-0.05, 0) is 24.5 Å². The quantitative estimate of drug-likeness (QED) is 0.856. The van der Waals surface area contributed by atoms with Crippen molar-refractivity contribution in [2.45, 2.75) is 40.3 Å². The van der Waals surface area contributed by atoms with Gasteiger partial charge in [-0.1, -0.05) is 32.4 Å². The normalized spacial score (nSPS) is 13.9. The molecule has 1 atom stereocenters. The molecule has 0 aromatic carbocycles. The average Bonchev–Trinajstić information content (AvgIpc) is 2.15. The Bertz CT molecular complexity index is 300. The summed E-state index contributed by atoms with van der Waals surface area (Å²) in [6.07, 6.45) is 1.68. The van der Waals surface area contributed by atoms with Gasteiger partial charge in [0, 0.05) is 18.8 Å². The van der Waals surface area contributed by atoms with E-state index in [-0.39, 0.29) is 5.41 Å². The van der Waals surface area contributed by atoms with Gasteiger partial charge in [0.1, 0.15) is 0 Å². The molecule has 1 N–H and O–H groups in total. The molecule has 0 aliphatic heterocycles. The van der Waals surface area contributed by atoms with Crippen molar-refractivity contribution in [1.29, 1.82) is 0 Å². The van der Waals surface area contributed by atoms with Gasteiger partial charge in [-0.3, -0.25) is 4.98 Å². The van der Waals surface area contributed by atoms with E-state index in [0.29, 0.717) is 11.1 Å². The number of halogens is 1. The molecule has 2 nitrogen and oxygen atoms in total. The summed E-state index contributed by atoms with van der Waals surface area (Å²) in [7, 11) is 0. The first-order valence-electron chi connectivity index (χ1n) is 5.23. The molecule has 0 saturated carbocycles. The van der Waals surface area contributed by atoms with E-state index < -0.39 is 0 Å². The highest BCUT2D eigenvalue weighted by atomic mass is 35.5. The zero-order valence-corrected chi connectivity index (χ0v) is 10.6. The van der Waals surface area contributed by atoms with Crippen molar-refractivity contribution in [1.82, 2.24) is 10.3 Å². The van der Waals surface area contributed by atoms with E-state index >= 15 is 0 Å². The third kappa shape index (κ3) is 4.18. The van der Waals surface area contributed by atoms with E-state index in [2.05, 4.69) is 38.0 Å². The molecule has 1 aromatic heterocycles. The Labute approximate surface area is 97.1 Å². The molecule has 1 rings (SSSR count). The van der Waals surface area contributed by atoms with Gasteiger partial charge in [-0.2, -0.15) is 0 Å². The van der Waals surface area contributed by atoms with Crippen LogP contribution in [0.1, 0.15) is 33.4 Å². The SMILES string of the molecule is CC(NCc1ccc(Cl)cn1)C(C)(C)C. The van der Waals surface area contributed by atoms with E-state index in [9.17, 15) is 0 Å². The van der Waals surface area contributed by atoms with Crippen molar-refractivity contribution >= 4 is 11.6 Å². The van der Waals surface area contributed by atoms with Gasteiger partial charge in [0.2, 0.25) is 0 Å². The summed E-state index contributed by atoms with van der Waals surface area (Å²) in [4.78, 5) is 4.24. The fourth-order valence-corrected chi connectivity index (χ4v) is 1.19. The first-order valence-corrected chi connectivity index (χ1v) is 5.61. The summed E-state index contributed by atoms with van der Waals surface area (Å²) < 4.78 is 0. The molecule has 15 heavy (non-hydrogen) atoms. The van der Waals surface area contributed by atoms with E-state index in [1.807, 2.05) is 12.1 Å². The molecule has 1 aromatic rings. The molecule has 0 bridgehead atoms. The van der Waals surface area contributed by atoms with Crippen LogP contribution in [0, 0.1) is 5.41 Å². The maximum Gasteiger partial charge on any atom is 0.0589 e. The molecule has 1 unspecified atom stereocenters. The molecule has 0 aliphatic rings. The second kappa shape index (κ2) is 4.95. The Morgan fingerprint density at radius 3 is 2.53 bits per heavy atom. The number of hydrogen-bond acceptors (Lipinski definition) is 2. The maximum absolute atomic E-state index is 5.76. The van der Waals surface area contributed by atoms with Crippen LogP contribution in [0.3, 0.4) is 0 Å². The Morgan fingerprint density at radius 1 is 1.40 bits per heavy atom. The van der Waals surface area contributed by atoms with Crippen LogP contribution in [0.25, 0.3) is 0 Å². The van der Waals surface area contributed by atoms with Crippen LogP contribution < -0.4 is 5.32 Å². The molecule has 0 saturated heterocycles. The van der Waals surface area contributed by atoms with Crippen LogP contribution in [0.2, 0.25) is 5.02 Å². The summed E-state index contributed by atoms with van der Waals surface area (Å²) in [6.45, 7) is 9.64. The van der Waals surface area contributed by atoms with E-state index in [4.69, 9.17) is 11.6 Å². The summed E-state index contributed by atoms with van der Waals surface area (Å²) in [5.74, 6) is 0. The monoisotopic (exact) mass is 226 g/mol. The predicted octanol–water partition coefficient (Wildman–Crippen LogP) is 3.26. The van der Waals surface area contributed by atoms with Crippen LogP contribution in [0.4, 0.5) is 0 Å². The molecule has 0 spiro atoms. The second-order valence-electron chi connectivity index (χ2n) is 4.94. The fourth-order valence-electron chi connectivity index (χ4n) is 1.07. The zero-order chi connectivity index (χ0) is 11.5. The number of hydrogen-bond donors (Lipinski definition) is 1. The van der Waals surface area contributed by atoms with Gasteiger partial charge >= 0.3 is 0 Å². The minimum absolute atomic E-state index is 0.270. The van der Waals surface area contributed by atoms with Crippen LogP contribution in [-0.4, -0.2) is 11.0 Å². The van der Waals surface area contributed by atoms with Crippen molar-refractivity contribution in [2.24, 2.45) is 5.41 Å². The summed E-state index contributed by atoms with van der Waals surface area (Å²) >= 11 is 5.76. The van der Waals surface area contributed by atoms with Crippen molar-refractivity contribution in [3.8, 4) is 0 Å². The molecular weight excluding hydrogens is 208 g/mol. The van der Waals surface area contributed by atoms with E-state index in [1.54, 1.807) is 6.20 Å². The highest BCUT2D eigenvalue weighted by molar-refractivity contribution is 6.30. The van der Waals surface area contributed by atoms with Crippen molar-refractivity contribution in [3.63, 3.8) is 0 Å². The highest BCUT2D eigenvalue weighted by Crippen LogP contribution is 2.18. The molecule has 0 radical (unpaired) electrons. The number of rotatable bonds is 3. The van der Waals surface area contributed by atoms with Gasteiger partial charge in [-0.15, -0.1) is 0 Å². The number of aromatic nitrogens is 1. The molecule has 0 amide bonds. The van der Waals surface area contributed by atoms with Gasteiger partial charge in [-0.25, -0.2) is 0 Å². The van der Waals surface area contributed by atoms with Crippen molar-refractivity contribution in [3.05, 3.63) is 29.0 Å². The minimum atomic E-state index is 0.270. The van der Waals surface area contributed by atoms with E-state index in [0.717, 1.165) is 12.2 Å². The summed E-state index contributed by atoms with van der Waals surface area (Å²) in [6, 6.07) is 4.27. The molecule has 3 heteroatoms. The molecule has 0 aliphatic carbocycles. The zero-order valence-electron chi connectivity index (χ0n) is 9.84. The highest BCUT2D eigenvalue weighted by Gasteiger charge is 2.18. The third-order valence-electron chi connectivity index (χ3n) is 2.68. The number of pyridine rings is 1. The standard InChI is InChI=1S/C12H19ClN2/c1-9(12(2,3)4)14-8-11-6-5-10(13)7-15-11/h5-7,9,14H,8H2,1-4H3. The first-order chi connectivity index (χ1) is 6.89. The van der Waals surface area contributed by atoms with Crippen LogP contribution in [-0.2, 0) is 6.54 Å². The number of nitrogens with zero attached hydrogens (tertiary/aromatic N) is 1. The van der Waals surface area contributed by atoms with Crippen LogP contribution >= 0.6 is 11.6 Å². The minimum Gasteiger partial charge on any atom is -0.308 e. The molecule has 84 valence electrons. The summed E-state index contributed by atoms with van der Waals surface area (Å²) in [5.41, 5.74) is 1.29. The van der Waals surface area contributed by atoms with E-state index in [1.165, 1.54) is 0 Å². The predicted molar refractivity (Wildman–Crippen MR) is 65.0 cm³/mol. The Morgan fingerprint density at radius 2 is 2.07 bits per heavy atom. The van der Waals surface area contributed by atoms with Gasteiger partial charge in [0.05, 0.1) is 10.7 Å². The lowest BCUT2D eigenvalue weighted by atomic mass is 9.88. The Balaban J connectivity index is 2.47. The van der Waals surface area contributed by atoms with Crippen molar-refractivity contribution in [2.75, 3.05) is 0 Å². The lowest BCUT2D eigenvalue weighted by molar-refractivity contribution is 0.284. The first kappa shape index (κ1) is 12.5. The van der Waals surface area contributed by atoms with Gasteiger partial charge < -0.3 is 5.32 Å². The largest absolute Gasteiger partial charge is 0.308 e. The van der Waals surface area contributed by atoms with Crippen LogP contribution in [0.15, 0.2) is 18.3 Å². The second-order valence-corrected chi connectivity index (χ2v) is 5.37. The molecular formula is C12H19ClN2. The Hall–Kier alpha value is -0.600. The maximum atomic E-state index is 5.76. The lowest BCUT2D eigenvalue weighted by Gasteiger charge is -2.28. The topological polar surface area (TPSA) is 24.9 Å². The molecule has 0 fully saturated rings. The summed E-state index contributed by atoms with van der Waals surface area (Å²) in [5, 5.41) is 4.14. The van der Waals surface area contributed by atoms with Gasteiger partial charge in [0.25, 0.3) is 0 Å². The smallest absolute Gasteiger partial charge is 0.0589 e. The van der Waals surface area contributed by atoms with Crippen LogP contribution in [0.5, 0.6) is 0 Å². The molecule has 1 heterocycles. The third-order valence-corrected chi connectivity index (χ3v) is 2.90.